The molecule has 1 fully saturated rings. The van der Waals surface area contributed by atoms with E-state index in [4.69, 9.17) is 4.74 Å². The molecule has 1 amide bonds. The highest BCUT2D eigenvalue weighted by Crippen LogP contribution is 2.13. The Bertz CT molecular complexity index is 742. The lowest BCUT2D eigenvalue weighted by Gasteiger charge is -2.15. The maximum Gasteiger partial charge on any atom is 0.331 e. The molecule has 1 N–H and O–H groups in total. The van der Waals surface area contributed by atoms with Gasteiger partial charge in [-0.05, 0) is 37.1 Å². The van der Waals surface area contributed by atoms with E-state index in [1.165, 1.54) is 13.0 Å². The molecule has 0 unspecified atom stereocenters. The topological polar surface area (TPSA) is 89.5 Å². The van der Waals surface area contributed by atoms with Gasteiger partial charge in [0.25, 0.3) is 5.91 Å². The van der Waals surface area contributed by atoms with Crippen LogP contribution in [0.1, 0.15) is 18.9 Å². The normalized spacial score (nSPS) is 20.7. The van der Waals surface area contributed by atoms with E-state index >= 15 is 0 Å². The fourth-order valence-electron chi connectivity index (χ4n) is 2.23. The lowest BCUT2D eigenvalue weighted by atomic mass is 10.2. The van der Waals surface area contributed by atoms with Crippen molar-refractivity contribution < 1.29 is 22.7 Å². The van der Waals surface area contributed by atoms with E-state index in [2.05, 4.69) is 21.2 Å². The van der Waals surface area contributed by atoms with Crippen molar-refractivity contribution in [2.24, 2.45) is 0 Å². The summed E-state index contributed by atoms with van der Waals surface area (Å²) >= 11 is 3.32. The number of ether oxygens (including phenoxy) is 1. The minimum atomic E-state index is -3.07. The van der Waals surface area contributed by atoms with Gasteiger partial charge in [-0.1, -0.05) is 28.1 Å². The Morgan fingerprint density at radius 1 is 1.33 bits per heavy atom. The van der Waals surface area contributed by atoms with Crippen molar-refractivity contribution in [2.45, 2.75) is 25.5 Å². The average molecular weight is 416 g/mol. The zero-order valence-corrected chi connectivity index (χ0v) is 15.5. The first-order chi connectivity index (χ1) is 11.2. The molecule has 2 atom stereocenters. The fraction of sp³-hybridized carbons (Fsp3) is 0.375. The number of nitrogens with one attached hydrogen (secondary N) is 1. The molecule has 1 aromatic rings. The van der Waals surface area contributed by atoms with Crippen LogP contribution in [0.4, 0.5) is 0 Å². The fourth-order valence-corrected chi connectivity index (χ4v) is 4.17. The van der Waals surface area contributed by atoms with Crippen molar-refractivity contribution in [3.63, 3.8) is 0 Å². The summed E-state index contributed by atoms with van der Waals surface area (Å²) in [7, 11) is -3.07. The zero-order chi connectivity index (χ0) is 17.7. The van der Waals surface area contributed by atoms with Crippen molar-refractivity contribution in [1.82, 2.24) is 5.32 Å². The molecule has 0 spiro atoms. The Hall–Kier alpha value is -1.67. The van der Waals surface area contributed by atoms with Gasteiger partial charge in [-0.2, -0.15) is 0 Å². The Kier molecular flexibility index (Phi) is 6.17. The summed E-state index contributed by atoms with van der Waals surface area (Å²) in [6.45, 7) is 1.45. The predicted molar refractivity (Wildman–Crippen MR) is 93.9 cm³/mol. The number of amides is 1. The van der Waals surface area contributed by atoms with Gasteiger partial charge in [0.1, 0.15) is 0 Å². The van der Waals surface area contributed by atoms with Crippen LogP contribution in [0.5, 0.6) is 0 Å². The van der Waals surface area contributed by atoms with Crippen molar-refractivity contribution in [2.75, 3.05) is 11.5 Å². The Balaban J connectivity index is 1.82. The number of hydrogen-bond acceptors (Lipinski definition) is 5. The number of carbonyl (C=O) groups is 2. The van der Waals surface area contributed by atoms with Crippen molar-refractivity contribution in [3.8, 4) is 0 Å². The second-order valence-corrected chi connectivity index (χ2v) is 8.72. The van der Waals surface area contributed by atoms with E-state index < -0.39 is 33.9 Å². The van der Waals surface area contributed by atoms with Gasteiger partial charge in [-0.3, -0.25) is 4.79 Å². The van der Waals surface area contributed by atoms with E-state index in [1.54, 1.807) is 6.08 Å². The van der Waals surface area contributed by atoms with Crippen LogP contribution in [0.25, 0.3) is 6.08 Å². The summed E-state index contributed by atoms with van der Waals surface area (Å²) in [5.74, 6) is -1.13. The second kappa shape index (κ2) is 7.94. The maximum absolute atomic E-state index is 11.9. The van der Waals surface area contributed by atoms with Gasteiger partial charge in [0.15, 0.2) is 15.9 Å². The SMILES string of the molecule is C[C@H](OC(=O)/C=C/c1ccc(Br)cc1)C(=O)N[C@H]1CCS(=O)(=O)C1. The van der Waals surface area contributed by atoms with Gasteiger partial charge < -0.3 is 10.1 Å². The van der Waals surface area contributed by atoms with E-state index in [9.17, 15) is 18.0 Å². The van der Waals surface area contributed by atoms with Crippen LogP contribution in [0, 0.1) is 0 Å². The second-order valence-electron chi connectivity index (χ2n) is 5.57. The molecule has 0 aliphatic carbocycles. The molecule has 0 radical (unpaired) electrons. The Morgan fingerprint density at radius 3 is 2.58 bits per heavy atom. The molecule has 0 saturated carbocycles. The first kappa shape index (κ1) is 18.7. The quantitative estimate of drug-likeness (QED) is 0.583. The molecular weight excluding hydrogens is 398 g/mol. The van der Waals surface area contributed by atoms with Crippen molar-refractivity contribution in [3.05, 3.63) is 40.4 Å². The Morgan fingerprint density at radius 2 is 2.00 bits per heavy atom. The summed E-state index contributed by atoms with van der Waals surface area (Å²) in [6.07, 6.45) is 2.23. The minimum Gasteiger partial charge on any atom is -0.449 e. The first-order valence-electron chi connectivity index (χ1n) is 7.40. The zero-order valence-electron chi connectivity index (χ0n) is 13.1. The summed E-state index contributed by atoms with van der Waals surface area (Å²) in [4.78, 5) is 23.7. The van der Waals surface area contributed by atoms with Gasteiger partial charge in [-0.15, -0.1) is 0 Å². The van der Waals surface area contributed by atoms with Gasteiger partial charge in [-0.25, -0.2) is 13.2 Å². The van der Waals surface area contributed by atoms with Crippen LogP contribution >= 0.6 is 15.9 Å². The number of halogens is 1. The minimum absolute atomic E-state index is 0.0666. The van der Waals surface area contributed by atoms with Crippen LogP contribution < -0.4 is 5.32 Å². The molecular formula is C16H18BrNO5S. The third kappa shape index (κ3) is 5.76. The molecule has 1 aromatic carbocycles. The van der Waals surface area contributed by atoms with E-state index in [0.29, 0.717) is 6.42 Å². The summed E-state index contributed by atoms with van der Waals surface area (Å²) in [5, 5.41) is 2.60. The maximum atomic E-state index is 11.9. The molecule has 0 aromatic heterocycles. The summed E-state index contributed by atoms with van der Waals surface area (Å²) < 4.78 is 28.7. The number of benzene rings is 1. The third-order valence-corrected chi connectivity index (χ3v) is 5.82. The smallest absolute Gasteiger partial charge is 0.331 e. The summed E-state index contributed by atoms with van der Waals surface area (Å²) in [6, 6.07) is 6.92. The lowest BCUT2D eigenvalue weighted by Crippen LogP contribution is -2.42. The van der Waals surface area contributed by atoms with Crippen molar-refractivity contribution >= 4 is 43.7 Å². The Labute approximate surface area is 149 Å². The molecule has 1 saturated heterocycles. The monoisotopic (exact) mass is 415 g/mol. The largest absolute Gasteiger partial charge is 0.449 e. The first-order valence-corrected chi connectivity index (χ1v) is 10.0. The molecule has 6 nitrogen and oxygen atoms in total. The average Bonchev–Trinajstić information content (AvgIpc) is 2.85. The molecule has 2 rings (SSSR count). The van der Waals surface area contributed by atoms with Crippen molar-refractivity contribution in [1.29, 1.82) is 0 Å². The molecule has 8 heteroatoms. The number of sulfone groups is 1. The lowest BCUT2D eigenvalue weighted by molar-refractivity contribution is -0.150. The standard InChI is InChI=1S/C16H18BrNO5S/c1-11(16(20)18-14-8-9-24(21,22)10-14)23-15(19)7-4-12-2-5-13(17)6-3-12/h2-7,11,14H,8-10H2,1H3,(H,18,20)/b7-4+/t11-,14-/m0/s1. The van der Waals surface area contributed by atoms with Gasteiger partial charge in [0, 0.05) is 16.6 Å². The summed E-state index contributed by atoms with van der Waals surface area (Å²) in [5.41, 5.74) is 0.823. The number of hydrogen-bond donors (Lipinski definition) is 1. The predicted octanol–water partition coefficient (Wildman–Crippen LogP) is 1.70. The van der Waals surface area contributed by atoms with Crippen LogP contribution in [-0.4, -0.2) is 43.9 Å². The van der Waals surface area contributed by atoms with Crippen LogP contribution in [0.3, 0.4) is 0 Å². The molecule has 24 heavy (non-hydrogen) atoms. The molecule has 0 bridgehead atoms. The number of carbonyl (C=O) groups excluding carboxylic acids is 2. The molecule has 1 aliphatic heterocycles. The van der Waals surface area contributed by atoms with Crippen LogP contribution in [-0.2, 0) is 24.2 Å². The highest BCUT2D eigenvalue weighted by Gasteiger charge is 2.30. The van der Waals surface area contributed by atoms with Gasteiger partial charge in [0.05, 0.1) is 11.5 Å². The van der Waals surface area contributed by atoms with E-state index in [1.807, 2.05) is 24.3 Å². The highest BCUT2D eigenvalue weighted by atomic mass is 79.9. The van der Waals surface area contributed by atoms with Crippen LogP contribution in [0.2, 0.25) is 0 Å². The highest BCUT2D eigenvalue weighted by molar-refractivity contribution is 9.10. The molecule has 1 aliphatic rings. The van der Waals surface area contributed by atoms with Gasteiger partial charge >= 0.3 is 5.97 Å². The molecule has 130 valence electrons. The van der Waals surface area contributed by atoms with E-state index in [0.717, 1.165) is 10.0 Å². The van der Waals surface area contributed by atoms with Gasteiger partial charge in [0.2, 0.25) is 0 Å². The van der Waals surface area contributed by atoms with E-state index in [-0.39, 0.29) is 11.5 Å². The number of esters is 1. The van der Waals surface area contributed by atoms with Crippen LogP contribution in [0.15, 0.2) is 34.8 Å². The third-order valence-electron chi connectivity index (χ3n) is 3.52. The number of rotatable bonds is 5. The molecule has 1 heterocycles.